The van der Waals surface area contributed by atoms with Crippen LogP contribution in [0.15, 0.2) is 60.8 Å². The Morgan fingerprint density at radius 1 is 0.972 bits per heavy atom. The zero-order chi connectivity index (χ0) is 26.1. The van der Waals surface area contributed by atoms with Gasteiger partial charge < -0.3 is 0 Å². The van der Waals surface area contributed by atoms with Crippen molar-refractivity contribution in [2.24, 2.45) is 0 Å². The van der Waals surface area contributed by atoms with E-state index in [4.69, 9.17) is 0 Å². The largest absolute Gasteiger partial charge is 0.416 e. The van der Waals surface area contributed by atoms with E-state index in [0.717, 1.165) is 11.0 Å². The molecule has 0 spiro atoms. The average Bonchev–Trinajstić information content (AvgIpc) is 2.94. The number of hydrogen-bond donors (Lipinski definition) is 0. The molecule has 0 N–H and O–H groups in total. The van der Waals surface area contributed by atoms with Crippen molar-refractivity contribution in [1.29, 1.82) is 0 Å². The highest BCUT2D eigenvalue weighted by molar-refractivity contribution is 6.00. The molecule has 1 amide bonds. The molecule has 2 heterocycles. The third-order valence-corrected chi connectivity index (χ3v) is 5.78. The zero-order valence-electron chi connectivity index (χ0n) is 18.4. The number of hydrogen-bond acceptors (Lipinski definition) is 2. The number of halogens is 7. The number of alkyl halides is 6. The molecular formula is C26H17F7N2O. The van der Waals surface area contributed by atoms with E-state index in [-0.39, 0.29) is 31.1 Å². The lowest BCUT2D eigenvalue weighted by Crippen LogP contribution is -2.35. The van der Waals surface area contributed by atoms with Gasteiger partial charge in [0.25, 0.3) is 0 Å². The molecule has 1 aliphatic rings. The summed E-state index contributed by atoms with van der Waals surface area (Å²) in [4.78, 5) is 18.7. The van der Waals surface area contributed by atoms with E-state index < -0.39 is 46.7 Å². The molecule has 1 aromatic heterocycles. The Bertz CT molecular complexity index is 1340. The quantitative estimate of drug-likeness (QED) is 0.299. The number of aryl methyl sites for hydroxylation is 1. The Morgan fingerprint density at radius 2 is 1.75 bits per heavy atom. The van der Waals surface area contributed by atoms with Crippen LogP contribution in [0, 0.1) is 17.7 Å². The molecule has 0 saturated carbocycles. The van der Waals surface area contributed by atoms with Crippen LogP contribution in [0.2, 0.25) is 0 Å². The highest BCUT2D eigenvalue weighted by Gasteiger charge is 2.42. The molecule has 10 heteroatoms. The molecule has 0 saturated heterocycles. The van der Waals surface area contributed by atoms with Crippen molar-refractivity contribution in [3.05, 3.63) is 94.6 Å². The van der Waals surface area contributed by atoms with Crippen molar-refractivity contribution in [3.63, 3.8) is 0 Å². The molecule has 1 atom stereocenters. The third-order valence-electron chi connectivity index (χ3n) is 5.78. The number of rotatable bonds is 2. The molecule has 0 bridgehead atoms. The lowest BCUT2D eigenvalue weighted by atomic mass is 9.88. The van der Waals surface area contributed by atoms with E-state index >= 15 is 0 Å². The minimum Gasteiger partial charge on any atom is -0.300 e. The Labute approximate surface area is 201 Å². The van der Waals surface area contributed by atoms with Gasteiger partial charge in [-0.05, 0) is 72.4 Å². The van der Waals surface area contributed by atoms with Gasteiger partial charge in [-0.2, -0.15) is 26.3 Å². The molecule has 0 aliphatic carbocycles. The number of pyridine rings is 1. The van der Waals surface area contributed by atoms with E-state index in [1.807, 2.05) is 0 Å². The monoisotopic (exact) mass is 506 g/mol. The first-order chi connectivity index (χ1) is 16.9. The summed E-state index contributed by atoms with van der Waals surface area (Å²) in [6, 6.07) is 9.89. The van der Waals surface area contributed by atoms with E-state index in [0.29, 0.717) is 23.4 Å². The molecule has 4 rings (SSSR count). The maximum atomic E-state index is 13.9. The second kappa shape index (κ2) is 9.64. The fourth-order valence-electron chi connectivity index (χ4n) is 4.13. The van der Waals surface area contributed by atoms with Crippen LogP contribution in [-0.2, 0) is 23.6 Å². The number of benzene rings is 2. The summed E-state index contributed by atoms with van der Waals surface area (Å²) in [5.74, 6) is 2.72. The Balaban J connectivity index is 1.78. The first-order valence-corrected chi connectivity index (χ1v) is 10.7. The first kappa shape index (κ1) is 25.2. The minimum atomic E-state index is -5.13. The third kappa shape index (κ3) is 5.35. The van der Waals surface area contributed by atoms with Crippen molar-refractivity contribution in [3.8, 4) is 11.8 Å². The molecular weight excluding hydrogens is 489 g/mol. The van der Waals surface area contributed by atoms with Gasteiger partial charge in [-0.1, -0.05) is 18.1 Å². The second-order valence-electron chi connectivity index (χ2n) is 8.10. The summed E-state index contributed by atoms with van der Waals surface area (Å²) < 4.78 is 94.8. The van der Waals surface area contributed by atoms with Crippen molar-refractivity contribution < 1.29 is 35.5 Å². The molecule has 1 aliphatic heterocycles. The second-order valence-corrected chi connectivity index (χ2v) is 8.10. The summed E-state index contributed by atoms with van der Waals surface area (Å²) in [6.45, 7) is -0.244. The summed E-state index contributed by atoms with van der Waals surface area (Å²) in [5, 5.41) is 0. The lowest BCUT2D eigenvalue weighted by molar-refractivity contribution is -0.143. The van der Waals surface area contributed by atoms with Crippen LogP contribution >= 0.6 is 0 Å². The van der Waals surface area contributed by atoms with E-state index in [1.54, 1.807) is 18.2 Å². The maximum Gasteiger partial charge on any atom is 0.416 e. The van der Waals surface area contributed by atoms with Gasteiger partial charge in [0, 0.05) is 11.9 Å². The molecule has 0 radical (unpaired) electrons. The summed E-state index contributed by atoms with van der Waals surface area (Å²) in [5.41, 5.74) is -2.52. The molecule has 186 valence electrons. The molecule has 3 nitrogen and oxygen atoms in total. The highest BCUT2D eigenvalue weighted by Crippen LogP contribution is 2.42. The van der Waals surface area contributed by atoms with Crippen LogP contribution in [0.5, 0.6) is 0 Å². The Hall–Kier alpha value is -3.87. The Morgan fingerprint density at radius 3 is 2.42 bits per heavy atom. The zero-order valence-corrected chi connectivity index (χ0v) is 18.4. The lowest BCUT2D eigenvalue weighted by Gasteiger charge is -2.26. The van der Waals surface area contributed by atoms with Crippen molar-refractivity contribution in [2.45, 2.75) is 31.1 Å². The van der Waals surface area contributed by atoms with Crippen LogP contribution in [0.3, 0.4) is 0 Å². The van der Waals surface area contributed by atoms with Gasteiger partial charge in [-0.25, -0.2) is 9.37 Å². The van der Waals surface area contributed by atoms with Crippen LogP contribution in [0.1, 0.15) is 40.3 Å². The standard InChI is InChI=1S/C26H17F7N2O/c27-18-8-11-23-16(14-18)6-9-21(24(36)35(23)13-3-5-19-4-1-2-12-34-19)20-10-7-17(25(28,29)30)15-22(20)26(31,32)33/h1-2,4,7-8,10-12,14-15,21H,6,9,13H2. The van der Waals surface area contributed by atoms with Gasteiger partial charge in [0.1, 0.15) is 11.5 Å². The number of fused-ring (bicyclic) bond motifs is 1. The van der Waals surface area contributed by atoms with Gasteiger partial charge in [-0.3, -0.25) is 9.69 Å². The number of carbonyl (C=O) groups is 1. The van der Waals surface area contributed by atoms with Crippen LogP contribution in [0.4, 0.5) is 36.4 Å². The topological polar surface area (TPSA) is 33.2 Å². The van der Waals surface area contributed by atoms with Crippen molar-refractivity contribution >= 4 is 11.6 Å². The van der Waals surface area contributed by atoms with Gasteiger partial charge in [0.05, 0.1) is 23.6 Å². The predicted octanol–water partition coefficient (Wildman–Crippen LogP) is 6.37. The van der Waals surface area contributed by atoms with Crippen molar-refractivity contribution in [1.82, 2.24) is 4.98 Å². The van der Waals surface area contributed by atoms with E-state index in [2.05, 4.69) is 16.8 Å². The molecule has 3 aromatic rings. The fourth-order valence-corrected chi connectivity index (χ4v) is 4.13. The van der Waals surface area contributed by atoms with Crippen LogP contribution < -0.4 is 4.90 Å². The van der Waals surface area contributed by atoms with Gasteiger partial charge in [0.2, 0.25) is 5.91 Å². The van der Waals surface area contributed by atoms with Gasteiger partial charge >= 0.3 is 12.4 Å². The van der Waals surface area contributed by atoms with E-state index in [9.17, 15) is 35.5 Å². The van der Waals surface area contributed by atoms with Gasteiger partial charge in [0.15, 0.2) is 0 Å². The fraction of sp³-hybridized carbons (Fsp3) is 0.231. The first-order valence-electron chi connectivity index (χ1n) is 10.7. The van der Waals surface area contributed by atoms with Crippen LogP contribution in [-0.4, -0.2) is 17.4 Å². The number of aromatic nitrogens is 1. The number of nitrogens with zero attached hydrogens (tertiary/aromatic N) is 2. The summed E-state index contributed by atoms with van der Waals surface area (Å²) >= 11 is 0. The normalized spacial score (nSPS) is 16.1. The van der Waals surface area contributed by atoms with Gasteiger partial charge in [-0.15, -0.1) is 0 Å². The summed E-state index contributed by atoms with van der Waals surface area (Å²) in [6.07, 6.45) is -8.74. The molecule has 0 fully saturated rings. The highest BCUT2D eigenvalue weighted by atomic mass is 19.4. The number of amides is 1. The predicted molar refractivity (Wildman–Crippen MR) is 117 cm³/mol. The molecule has 1 unspecified atom stereocenters. The summed E-state index contributed by atoms with van der Waals surface area (Å²) in [7, 11) is 0. The maximum absolute atomic E-state index is 13.9. The Kier molecular flexibility index (Phi) is 6.76. The van der Waals surface area contributed by atoms with Crippen LogP contribution in [0.25, 0.3) is 0 Å². The molecule has 2 aromatic carbocycles. The number of carbonyl (C=O) groups excluding carboxylic acids is 1. The molecule has 36 heavy (non-hydrogen) atoms. The smallest absolute Gasteiger partial charge is 0.300 e. The minimum absolute atomic E-state index is 0.0194. The SMILES string of the molecule is O=C1C(c2ccc(C(F)(F)F)cc2C(F)(F)F)CCc2cc(F)ccc2N1CC#Cc1ccccn1. The number of anilines is 1. The van der Waals surface area contributed by atoms with E-state index in [1.165, 1.54) is 18.3 Å². The van der Waals surface area contributed by atoms with Crippen molar-refractivity contribution in [2.75, 3.05) is 11.4 Å². The average molecular weight is 506 g/mol.